The van der Waals surface area contributed by atoms with Crippen molar-refractivity contribution in [2.45, 2.75) is 114 Å². The molecule has 4 aliphatic carbocycles. The van der Waals surface area contributed by atoms with E-state index in [4.69, 9.17) is 9.47 Å². The van der Waals surface area contributed by atoms with Gasteiger partial charge >= 0.3 is 12.1 Å². The van der Waals surface area contributed by atoms with E-state index in [0.29, 0.717) is 50.0 Å². The molecule has 3 saturated carbocycles. The third kappa shape index (κ3) is 4.25. The Morgan fingerprint density at radius 2 is 1.55 bits per heavy atom. The standard InChI is InChI=1S/C32H41F5O5/c1-26(2)17-41-29(42-18-26)12-9-24-25-21(8-11-28(24,39)16-29)23-10-13-30(40,31(33,34)32(35,36)37)27(23,3)14-22(25)20-6-4-19(15-38)5-7-20/h4-7,21-23,38-40H,8-18H2,1-3H3/t21?,22?,23?,27?,28-,30+/m1/s1. The number of aliphatic hydroxyl groups excluding tert-OH is 1. The average Bonchev–Trinajstić information content (AvgIpc) is 3.20. The van der Waals surface area contributed by atoms with Crippen LogP contribution in [0.25, 0.3) is 0 Å². The second kappa shape index (κ2) is 9.46. The predicted molar refractivity (Wildman–Crippen MR) is 143 cm³/mol. The molecule has 1 heterocycles. The summed E-state index contributed by atoms with van der Waals surface area (Å²) >= 11 is 0. The molecule has 6 atom stereocenters. The Hall–Kier alpha value is -1.59. The molecular weight excluding hydrogens is 559 g/mol. The van der Waals surface area contributed by atoms with E-state index in [1.54, 1.807) is 24.3 Å². The summed E-state index contributed by atoms with van der Waals surface area (Å²) in [5, 5.41) is 33.2. The fourth-order valence-electron chi connectivity index (χ4n) is 9.16. The molecule has 234 valence electrons. The van der Waals surface area contributed by atoms with E-state index in [1.807, 2.05) is 13.8 Å². The Bertz CT molecular complexity index is 1250. The van der Waals surface area contributed by atoms with Crippen molar-refractivity contribution in [3.05, 3.63) is 46.5 Å². The summed E-state index contributed by atoms with van der Waals surface area (Å²) in [5.41, 5.74) is -3.32. The van der Waals surface area contributed by atoms with Gasteiger partial charge < -0.3 is 24.8 Å². The van der Waals surface area contributed by atoms with E-state index >= 15 is 8.78 Å². The summed E-state index contributed by atoms with van der Waals surface area (Å²) in [6.07, 6.45) is -4.71. The van der Waals surface area contributed by atoms with Crippen molar-refractivity contribution in [1.82, 2.24) is 0 Å². The Labute approximate surface area is 243 Å². The van der Waals surface area contributed by atoms with Gasteiger partial charge in [-0.1, -0.05) is 50.6 Å². The zero-order valence-electron chi connectivity index (χ0n) is 24.4. The highest BCUT2D eigenvalue weighted by Gasteiger charge is 2.79. The van der Waals surface area contributed by atoms with Gasteiger partial charge in [0.2, 0.25) is 0 Å². The summed E-state index contributed by atoms with van der Waals surface area (Å²) in [6.45, 7) is 6.29. The average molecular weight is 601 g/mol. The first-order chi connectivity index (χ1) is 19.4. The van der Waals surface area contributed by atoms with Crippen LogP contribution in [0.15, 0.2) is 35.4 Å². The van der Waals surface area contributed by atoms with Crippen molar-refractivity contribution in [2.75, 3.05) is 13.2 Å². The minimum atomic E-state index is -5.89. The van der Waals surface area contributed by atoms with Gasteiger partial charge in [0.25, 0.3) is 0 Å². The lowest BCUT2D eigenvalue weighted by Gasteiger charge is -2.59. The van der Waals surface area contributed by atoms with Gasteiger partial charge in [0.15, 0.2) is 5.79 Å². The molecule has 5 nitrogen and oxygen atoms in total. The number of fused-ring (bicyclic) bond motifs is 4. The van der Waals surface area contributed by atoms with E-state index in [1.165, 1.54) is 6.92 Å². The first kappa shape index (κ1) is 30.4. The normalized spacial score (nSPS) is 39.5. The summed E-state index contributed by atoms with van der Waals surface area (Å²) in [4.78, 5) is 0. The molecule has 1 saturated heterocycles. The molecule has 3 N–H and O–H groups in total. The van der Waals surface area contributed by atoms with Crippen molar-refractivity contribution in [1.29, 1.82) is 0 Å². The zero-order chi connectivity index (χ0) is 30.6. The van der Waals surface area contributed by atoms with Gasteiger partial charge in [-0.15, -0.1) is 0 Å². The first-order valence-electron chi connectivity index (χ1n) is 15.0. The molecule has 0 radical (unpaired) electrons. The Morgan fingerprint density at radius 1 is 0.905 bits per heavy atom. The van der Waals surface area contributed by atoms with Gasteiger partial charge in [-0.05, 0) is 67.1 Å². The fraction of sp³-hybridized carbons (Fsp3) is 0.750. The molecule has 5 aliphatic rings. The van der Waals surface area contributed by atoms with Crippen LogP contribution in [0.2, 0.25) is 0 Å². The number of hydrogen-bond acceptors (Lipinski definition) is 5. The first-order valence-corrected chi connectivity index (χ1v) is 15.0. The number of hydrogen-bond donors (Lipinski definition) is 3. The molecule has 4 unspecified atom stereocenters. The fourth-order valence-corrected chi connectivity index (χ4v) is 9.16. The molecule has 6 rings (SSSR count). The van der Waals surface area contributed by atoms with Crippen LogP contribution in [0, 0.1) is 22.7 Å². The molecule has 1 aromatic rings. The van der Waals surface area contributed by atoms with Gasteiger partial charge in [-0.3, -0.25) is 0 Å². The van der Waals surface area contributed by atoms with Crippen molar-refractivity contribution >= 4 is 0 Å². The van der Waals surface area contributed by atoms with Crippen LogP contribution in [-0.4, -0.2) is 57.6 Å². The van der Waals surface area contributed by atoms with Crippen LogP contribution >= 0.6 is 0 Å². The van der Waals surface area contributed by atoms with Gasteiger partial charge in [-0.25, -0.2) is 0 Å². The van der Waals surface area contributed by atoms with Crippen LogP contribution in [0.4, 0.5) is 22.0 Å². The van der Waals surface area contributed by atoms with Gasteiger partial charge in [0, 0.05) is 29.6 Å². The van der Waals surface area contributed by atoms with Crippen molar-refractivity contribution in [3.8, 4) is 0 Å². The van der Waals surface area contributed by atoms with Crippen molar-refractivity contribution in [2.24, 2.45) is 22.7 Å². The van der Waals surface area contributed by atoms with E-state index < -0.39 is 52.8 Å². The van der Waals surface area contributed by atoms with Gasteiger partial charge in [0.1, 0.15) is 5.60 Å². The minimum absolute atomic E-state index is 0.0416. The highest BCUT2D eigenvalue weighted by molar-refractivity contribution is 5.44. The quantitative estimate of drug-likeness (QED) is 0.277. The van der Waals surface area contributed by atoms with Gasteiger partial charge in [-0.2, -0.15) is 22.0 Å². The lowest BCUT2D eigenvalue weighted by Crippen LogP contribution is -2.65. The summed E-state index contributed by atoms with van der Waals surface area (Å²) in [7, 11) is 0. The minimum Gasteiger partial charge on any atom is -0.392 e. The Kier molecular flexibility index (Phi) is 6.85. The van der Waals surface area contributed by atoms with Crippen LogP contribution in [0.3, 0.4) is 0 Å². The number of ether oxygens (including phenoxy) is 2. The molecule has 1 aliphatic heterocycles. The number of halogens is 5. The van der Waals surface area contributed by atoms with E-state index in [9.17, 15) is 28.5 Å². The number of rotatable bonds is 3. The van der Waals surface area contributed by atoms with Gasteiger partial charge in [0.05, 0.1) is 25.4 Å². The zero-order valence-corrected chi connectivity index (χ0v) is 24.4. The SMILES string of the molecule is CC1(C)COC2(CCC3=C4C(c5ccc(CO)cc5)CC5(C)C(CC[C@@]5(O)C(F)(F)C(F)(F)F)C4CC[C@@]3(O)C2)OC1. The highest BCUT2D eigenvalue weighted by atomic mass is 19.4. The molecule has 0 aromatic heterocycles. The van der Waals surface area contributed by atoms with E-state index in [0.717, 1.165) is 11.1 Å². The molecule has 1 spiro atoms. The van der Waals surface area contributed by atoms with Crippen molar-refractivity contribution in [3.63, 3.8) is 0 Å². The molecule has 0 bridgehead atoms. The lowest BCUT2D eigenvalue weighted by atomic mass is 9.49. The molecule has 42 heavy (non-hydrogen) atoms. The number of benzene rings is 1. The Balaban J connectivity index is 1.45. The topological polar surface area (TPSA) is 79.2 Å². The second-order valence-corrected chi connectivity index (χ2v) is 14.6. The second-order valence-electron chi connectivity index (χ2n) is 14.6. The molecule has 1 aromatic carbocycles. The number of aliphatic hydroxyl groups is 3. The van der Waals surface area contributed by atoms with Crippen LogP contribution < -0.4 is 0 Å². The van der Waals surface area contributed by atoms with E-state index in [2.05, 4.69) is 0 Å². The van der Waals surface area contributed by atoms with E-state index in [-0.39, 0.29) is 37.2 Å². The third-order valence-corrected chi connectivity index (χ3v) is 11.5. The van der Waals surface area contributed by atoms with Crippen LogP contribution in [0.1, 0.15) is 89.2 Å². The van der Waals surface area contributed by atoms with Crippen LogP contribution in [0.5, 0.6) is 0 Å². The lowest BCUT2D eigenvalue weighted by molar-refractivity contribution is -0.362. The summed E-state index contributed by atoms with van der Waals surface area (Å²) < 4.78 is 84.2. The third-order valence-electron chi connectivity index (χ3n) is 11.5. The largest absolute Gasteiger partial charge is 0.456 e. The highest BCUT2D eigenvalue weighted by Crippen LogP contribution is 2.71. The summed E-state index contributed by atoms with van der Waals surface area (Å²) in [5.74, 6) is -7.75. The smallest absolute Gasteiger partial charge is 0.392 e. The predicted octanol–water partition coefficient (Wildman–Crippen LogP) is 6.40. The number of alkyl halides is 5. The summed E-state index contributed by atoms with van der Waals surface area (Å²) in [6, 6.07) is 6.97. The maximum atomic E-state index is 15.2. The Morgan fingerprint density at radius 3 is 2.14 bits per heavy atom. The molecule has 0 amide bonds. The monoisotopic (exact) mass is 600 g/mol. The molecular formula is C32H41F5O5. The molecule has 10 heteroatoms. The van der Waals surface area contributed by atoms with Crippen LogP contribution in [-0.2, 0) is 16.1 Å². The number of allylic oxidation sites excluding steroid dienone is 1. The molecule has 4 fully saturated rings. The maximum absolute atomic E-state index is 15.2. The van der Waals surface area contributed by atoms with Crippen molar-refractivity contribution < 1.29 is 46.7 Å². The maximum Gasteiger partial charge on any atom is 0.456 e.